The number of hydrogen-bond acceptors (Lipinski definition) is 5. The van der Waals surface area contributed by atoms with Crippen LogP contribution in [0, 0.1) is 11.3 Å². The molecule has 5 nitrogen and oxygen atoms in total. The summed E-state index contributed by atoms with van der Waals surface area (Å²) in [6.07, 6.45) is 2.94. The number of hydrogen-bond donors (Lipinski definition) is 1. The zero-order chi connectivity index (χ0) is 19.8. The van der Waals surface area contributed by atoms with E-state index in [4.69, 9.17) is 15.2 Å². The SMILES string of the molecule is COc1cc2c(cc1OC)C1=CC(c3ccccc3Br)C(C#N)=C(N)N1CC2. The highest BCUT2D eigenvalue weighted by molar-refractivity contribution is 9.10. The molecule has 0 fully saturated rings. The highest BCUT2D eigenvalue weighted by Gasteiger charge is 2.33. The lowest BCUT2D eigenvalue weighted by Gasteiger charge is -2.38. The van der Waals surface area contributed by atoms with Gasteiger partial charge in [-0.1, -0.05) is 34.1 Å². The van der Waals surface area contributed by atoms with E-state index in [9.17, 15) is 5.26 Å². The average molecular weight is 438 g/mol. The van der Waals surface area contributed by atoms with Crippen molar-refractivity contribution in [2.45, 2.75) is 12.3 Å². The Morgan fingerprint density at radius 3 is 2.57 bits per heavy atom. The molecule has 142 valence electrons. The molecule has 4 rings (SSSR count). The first kappa shape index (κ1) is 18.5. The summed E-state index contributed by atoms with van der Waals surface area (Å²) >= 11 is 3.62. The molecule has 0 bridgehead atoms. The summed E-state index contributed by atoms with van der Waals surface area (Å²) in [4.78, 5) is 2.03. The van der Waals surface area contributed by atoms with Gasteiger partial charge in [-0.25, -0.2) is 0 Å². The molecule has 1 unspecified atom stereocenters. The summed E-state index contributed by atoms with van der Waals surface area (Å²) in [6.45, 7) is 0.716. The molecule has 0 saturated heterocycles. The monoisotopic (exact) mass is 437 g/mol. The number of fused-ring (bicyclic) bond motifs is 3. The van der Waals surface area contributed by atoms with Gasteiger partial charge in [0.1, 0.15) is 5.82 Å². The molecule has 2 heterocycles. The fourth-order valence-electron chi connectivity index (χ4n) is 3.94. The summed E-state index contributed by atoms with van der Waals surface area (Å²) in [6, 6.07) is 14.3. The van der Waals surface area contributed by atoms with Crippen molar-refractivity contribution in [2.24, 2.45) is 5.73 Å². The number of nitriles is 1. The van der Waals surface area contributed by atoms with Gasteiger partial charge in [0, 0.05) is 28.2 Å². The summed E-state index contributed by atoms with van der Waals surface area (Å²) in [5.74, 6) is 1.69. The molecule has 2 aliphatic heterocycles. The first-order chi connectivity index (χ1) is 13.6. The predicted molar refractivity (Wildman–Crippen MR) is 112 cm³/mol. The van der Waals surface area contributed by atoms with Crippen LogP contribution in [0.25, 0.3) is 5.70 Å². The van der Waals surface area contributed by atoms with Crippen LogP contribution in [0.3, 0.4) is 0 Å². The van der Waals surface area contributed by atoms with Gasteiger partial charge in [0.25, 0.3) is 0 Å². The van der Waals surface area contributed by atoms with Crippen LogP contribution in [0.2, 0.25) is 0 Å². The van der Waals surface area contributed by atoms with E-state index in [2.05, 4.69) is 28.1 Å². The zero-order valence-corrected chi connectivity index (χ0v) is 17.3. The third-order valence-corrected chi connectivity index (χ3v) is 6.07. The molecule has 0 aliphatic carbocycles. The Bertz CT molecular complexity index is 1050. The van der Waals surface area contributed by atoms with Gasteiger partial charge in [-0.3, -0.25) is 0 Å². The van der Waals surface area contributed by atoms with Crippen LogP contribution >= 0.6 is 15.9 Å². The molecule has 0 aromatic heterocycles. The lowest BCUT2D eigenvalue weighted by molar-refractivity contribution is 0.353. The summed E-state index contributed by atoms with van der Waals surface area (Å²) in [7, 11) is 3.27. The van der Waals surface area contributed by atoms with Crippen molar-refractivity contribution in [1.29, 1.82) is 5.26 Å². The Labute approximate surface area is 172 Å². The van der Waals surface area contributed by atoms with Gasteiger partial charge in [-0.05, 0) is 41.8 Å². The quantitative estimate of drug-likeness (QED) is 0.780. The van der Waals surface area contributed by atoms with Crippen molar-refractivity contribution in [3.05, 3.63) is 75.0 Å². The van der Waals surface area contributed by atoms with Crippen molar-refractivity contribution < 1.29 is 9.47 Å². The largest absolute Gasteiger partial charge is 0.493 e. The Morgan fingerprint density at radius 1 is 1.18 bits per heavy atom. The molecule has 2 aromatic carbocycles. The van der Waals surface area contributed by atoms with Crippen LogP contribution < -0.4 is 15.2 Å². The third-order valence-electron chi connectivity index (χ3n) is 5.34. The number of nitrogens with two attached hydrogens (primary N) is 1. The van der Waals surface area contributed by atoms with Crippen LogP contribution in [0.5, 0.6) is 11.5 Å². The number of nitrogens with zero attached hydrogens (tertiary/aromatic N) is 2. The smallest absolute Gasteiger partial charge is 0.161 e. The van der Waals surface area contributed by atoms with Gasteiger partial charge in [-0.15, -0.1) is 0 Å². The molecular weight excluding hydrogens is 418 g/mol. The molecule has 0 spiro atoms. The van der Waals surface area contributed by atoms with Crippen LogP contribution in [-0.4, -0.2) is 25.7 Å². The number of benzene rings is 2. The van der Waals surface area contributed by atoms with Gasteiger partial charge in [0.05, 0.1) is 25.9 Å². The number of allylic oxidation sites excluding steroid dienone is 2. The van der Waals surface area contributed by atoms with Crippen LogP contribution in [-0.2, 0) is 6.42 Å². The second kappa shape index (κ2) is 7.25. The minimum absolute atomic E-state index is 0.217. The summed E-state index contributed by atoms with van der Waals surface area (Å²) < 4.78 is 11.9. The molecule has 0 saturated carbocycles. The number of ether oxygens (including phenoxy) is 2. The lowest BCUT2D eigenvalue weighted by Crippen LogP contribution is -2.36. The van der Waals surface area contributed by atoms with E-state index in [0.29, 0.717) is 23.7 Å². The fourth-order valence-corrected chi connectivity index (χ4v) is 4.47. The van der Waals surface area contributed by atoms with Crippen molar-refractivity contribution >= 4 is 21.6 Å². The van der Waals surface area contributed by atoms with Crippen molar-refractivity contribution in [2.75, 3.05) is 20.8 Å². The average Bonchev–Trinajstić information content (AvgIpc) is 2.72. The Balaban J connectivity index is 1.91. The standard InChI is InChI=1S/C22H20BrN3O2/c1-27-20-9-13-7-8-26-19(15(13)11-21(20)28-2)10-16(17(12-24)22(26)25)14-5-3-4-6-18(14)23/h3-6,9-11,16H,7-8,25H2,1-2H3. The van der Waals surface area contributed by atoms with E-state index in [1.807, 2.05) is 41.3 Å². The maximum atomic E-state index is 9.82. The third kappa shape index (κ3) is 2.83. The van der Waals surface area contributed by atoms with E-state index in [1.54, 1.807) is 14.2 Å². The maximum Gasteiger partial charge on any atom is 0.161 e. The van der Waals surface area contributed by atoms with Crippen molar-refractivity contribution in [1.82, 2.24) is 4.90 Å². The first-order valence-electron chi connectivity index (χ1n) is 8.97. The predicted octanol–water partition coefficient (Wildman–Crippen LogP) is 4.16. The van der Waals surface area contributed by atoms with Gasteiger partial charge < -0.3 is 20.1 Å². The highest BCUT2D eigenvalue weighted by Crippen LogP contribution is 2.45. The molecule has 0 radical (unpaired) electrons. The molecule has 28 heavy (non-hydrogen) atoms. The summed E-state index contributed by atoms with van der Waals surface area (Å²) in [5, 5.41) is 9.82. The summed E-state index contributed by atoms with van der Waals surface area (Å²) in [5.41, 5.74) is 11.3. The molecular formula is C22H20BrN3O2. The van der Waals surface area contributed by atoms with Gasteiger partial charge in [-0.2, -0.15) is 5.26 Å². The normalized spacial score (nSPS) is 18.0. The Morgan fingerprint density at radius 2 is 1.89 bits per heavy atom. The van der Waals surface area contributed by atoms with Gasteiger partial charge >= 0.3 is 0 Å². The molecule has 2 aliphatic rings. The number of rotatable bonds is 3. The van der Waals surface area contributed by atoms with Crippen molar-refractivity contribution in [3.63, 3.8) is 0 Å². The number of halogens is 1. The molecule has 2 aromatic rings. The second-order valence-corrected chi connectivity index (χ2v) is 7.58. The van der Waals surface area contributed by atoms with Gasteiger partial charge in [0.15, 0.2) is 11.5 Å². The molecule has 1 atom stereocenters. The molecule has 0 amide bonds. The van der Waals surface area contributed by atoms with Crippen LogP contribution in [0.4, 0.5) is 0 Å². The lowest BCUT2D eigenvalue weighted by atomic mass is 9.84. The number of methoxy groups -OCH3 is 2. The van der Waals surface area contributed by atoms with Crippen molar-refractivity contribution in [3.8, 4) is 17.6 Å². The minimum Gasteiger partial charge on any atom is -0.493 e. The first-order valence-corrected chi connectivity index (χ1v) is 9.77. The van der Waals surface area contributed by atoms with E-state index in [0.717, 1.165) is 33.5 Å². The maximum absolute atomic E-state index is 9.82. The van der Waals surface area contributed by atoms with E-state index < -0.39 is 0 Å². The van der Waals surface area contributed by atoms with Gasteiger partial charge in [0.2, 0.25) is 0 Å². The van der Waals surface area contributed by atoms with Crippen LogP contribution in [0.15, 0.2) is 58.3 Å². The highest BCUT2D eigenvalue weighted by atomic mass is 79.9. The Hall–Kier alpha value is -2.91. The minimum atomic E-state index is -0.217. The van der Waals surface area contributed by atoms with E-state index in [1.165, 1.54) is 5.56 Å². The Kier molecular flexibility index (Phi) is 4.78. The zero-order valence-electron chi connectivity index (χ0n) is 15.7. The van der Waals surface area contributed by atoms with Crippen LogP contribution in [0.1, 0.15) is 22.6 Å². The fraction of sp³-hybridized carbons (Fsp3) is 0.227. The molecule has 2 N–H and O–H groups in total. The molecule has 6 heteroatoms. The van der Waals surface area contributed by atoms with E-state index >= 15 is 0 Å². The topological polar surface area (TPSA) is 71.5 Å². The second-order valence-electron chi connectivity index (χ2n) is 6.73. The van der Waals surface area contributed by atoms with E-state index in [-0.39, 0.29) is 5.92 Å².